The van der Waals surface area contributed by atoms with E-state index < -0.39 is 5.41 Å². The van der Waals surface area contributed by atoms with E-state index in [1.165, 1.54) is 4.88 Å². The molecule has 3 N–H and O–H groups in total. The predicted octanol–water partition coefficient (Wildman–Crippen LogP) is 1.68. The molecule has 0 saturated carbocycles. The molecule has 0 bridgehead atoms. The maximum Gasteiger partial charge on any atom is 0.224 e. The molecule has 1 amide bonds. The van der Waals surface area contributed by atoms with Crippen LogP contribution in [0, 0.1) is 19.3 Å². The summed E-state index contributed by atoms with van der Waals surface area (Å²) in [6.07, 6.45) is 0. The minimum absolute atomic E-state index is 0.306. The molecule has 1 heterocycles. The van der Waals surface area contributed by atoms with Gasteiger partial charge in [-0.05, 0) is 27.7 Å². The molecule has 0 saturated heterocycles. The van der Waals surface area contributed by atoms with Crippen molar-refractivity contribution >= 4 is 22.4 Å². The third-order valence-electron chi connectivity index (χ3n) is 2.38. The summed E-state index contributed by atoms with van der Waals surface area (Å²) in [5, 5.41) is 3.98. The number of nitrogens with one attached hydrogen (secondary N) is 1. The zero-order chi connectivity index (χ0) is 11.6. The van der Waals surface area contributed by atoms with Crippen LogP contribution in [-0.2, 0) is 4.79 Å². The molecule has 0 fully saturated rings. The normalized spacial score (nSPS) is 11.5. The van der Waals surface area contributed by atoms with Crippen molar-refractivity contribution in [3.8, 4) is 0 Å². The van der Waals surface area contributed by atoms with Crippen LogP contribution in [0.1, 0.15) is 24.4 Å². The van der Waals surface area contributed by atoms with Crippen molar-refractivity contribution < 1.29 is 4.79 Å². The van der Waals surface area contributed by atoms with Gasteiger partial charge in [-0.2, -0.15) is 0 Å². The van der Waals surface area contributed by atoms with E-state index in [2.05, 4.69) is 10.3 Å². The highest BCUT2D eigenvalue weighted by Crippen LogP contribution is 2.23. The van der Waals surface area contributed by atoms with Gasteiger partial charge in [0.25, 0.3) is 0 Å². The fourth-order valence-corrected chi connectivity index (χ4v) is 1.74. The van der Waals surface area contributed by atoms with E-state index in [1.54, 1.807) is 11.3 Å². The minimum atomic E-state index is -0.548. The first kappa shape index (κ1) is 12.0. The number of aryl methyl sites for hydroxylation is 2. The molecule has 0 unspecified atom stereocenters. The van der Waals surface area contributed by atoms with Crippen LogP contribution in [0.4, 0.5) is 5.13 Å². The van der Waals surface area contributed by atoms with Crippen LogP contribution in [0.25, 0.3) is 0 Å². The van der Waals surface area contributed by atoms with Crippen molar-refractivity contribution in [2.75, 3.05) is 11.9 Å². The number of carbonyl (C=O) groups is 1. The van der Waals surface area contributed by atoms with E-state index in [1.807, 2.05) is 27.7 Å². The van der Waals surface area contributed by atoms with Crippen LogP contribution in [-0.4, -0.2) is 17.4 Å². The van der Waals surface area contributed by atoms with Crippen LogP contribution < -0.4 is 11.1 Å². The van der Waals surface area contributed by atoms with E-state index in [0.29, 0.717) is 6.54 Å². The molecule has 4 nitrogen and oxygen atoms in total. The minimum Gasteiger partial charge on any atom is -0.369 e. The van der Waals surface area contributed by atoms with Gasteiger partial charge in [-0.3, -0.25) is 4.79 Å². The van der Waals surface area contributed by atoms with Gasteiger partial charge in [-0.25, -0.2) is 4.98 Å². The highest BCUT2D eigenvalue weighted by Gasteiger charge is 2.24. The molecular formula is C10H17N3OS. The van der Waals surface area contributed by atoms with E-state index in [9.17, 15) is 4.79 Å². The van der Waals surface area contributed by atoms with Crippen molar-refractivity contribution in [1.29, 1.82) is 0 Å². The molecule has 0 atom stereocenters. The number of amides is 1. The molecule has 0 aromatic carbocycles. The molecule has 1 aromatic rings. The Bertz CT molecular complexity index is 351. The summed E-state index contributed by atoms with van der Waals surface area (Å²) in [5.74, 6) is -0.306. The largest absolute Gasteiger partial charge is 0.369 e. The Morgan fingerprint density at radius 1 is 1.53 bits per heavy atom. The highest BCUT2D eigenvalue weighted by molar-refractivity contribution is 7.15. The van der Waals surface area contributed by atoms with Gasteiger partial charge in [0.05, 0.1) is 11.1 Å². The molecule has 1 rings (SSSR count). The smallest absolute Gasteiger partial charge is 0.224 e. The van der Waals surface area contributed by atoms with Gasteiger partial charge in [-0.1, -0.05) is 0 Å². The topological polar surface area (TPSA) is 68.0 Å². The van der Waals surface area contributed by atoms with E-state index in [4.69, 9.17) is 5.73 Å². The second-order valence-electron chi connectivity index (χ2n) is 4.26. The Labute approximate surface area is 93.9 Å². The van der Waals surface area contributed by atoms with Crippen LogP contribution >= 0.6 is 11.3 Å². The van der Waals surface area contributed by atoms with Gasteiger partial charge < -0.3 is 11.1 Å². The number of carbonyl (C=O) groups excluding carboxylic acids is 1. The SMILES string of the molecule is Cc1nc(NCC(C)(C)C(N)=O)sc1C. The molecule has 5 heteroatoms. The van der Waals surface area contributed by atoms with Gasteiger partial charge in [0.15, 0.2) is 5.13 Å². The number of thiazole rings is 1. The predicted molar refractivity (Wildman–Crippen MR) is 63.1 cm³/mol. The number of hydrogen-bond donors (Lipinski definition) is 2. The number of hydrogen-bond acceptors (Lipinski definition) is 4. The van der Waals surface area contributed by atoms with Crippen LogP contribution in [0.3, 0.4) is 0 Å². The summed E-state index contributed by atoms with van der Waals surface area (Å²) in [7, 11) is 0. The third kappa shape index (κ3) is 2.92. The van der Waals surface area contributed by atoms with Crippen molar-refractivity contribution in [3.05, 3.63) is 10.6 Å². The second-order valence-corrected chi connectivity index (χ2v) is 5.47. The van der Waals surface area contributed by atoms with Gasteiger partial charge in [-0.15, -0.1) is 11.3 Å². The lowest BCUT2D eigenvalue weighted by Gasteiger charge is -2.20. The van der Waals surface area contributed by atoms with Crippen molar-refractivity contribution in [2.24, 2.45) is 11.1 Å². The summed E-state index contributed by atoms with van der Waals surface area (Å²) in [6.45, 7) is 8.13. The molecule has 0 aliphatic heterocycles. The molecule has 0 radical (unpaired) electrons. The van der Waals surface area contributed by atoms with Gasteiger partial charge in [0.1, 0.15) is 0 Å². The molecule has 0 aliphatic carbocycles. The lowest BCUT2D eigenvalue weighted by Crippen LogP contribution is -2.37. The van der Waals surface area contributed by atoms with Crippen LogP contribution in [0.5, 0.6) is 0 Å². The first-order valence-corrected chi connectivity index (χ1v) is 5.62. The van der Waals surface area contributed by atoms with Crippen molar-refractivity contribution in [3.63, 3.8) is 0 Å². The summed E-state index contributed by atoms with van der Waals surface area (Å²) in [6, 6.07) is 0. The second kappa shape index (κ2) is 4.18. The zero-order valence-electron chi connectivity index (χ0n) is 9.55. The van der Waals surface area contributed by atoms with E-state index in [0.717, 1.165) is 10.8 Å². The summed E-state index contributed by atoms with van der Waals surface area (Å²) < 4.78 is 0. The van der Waals surface area contributed by atoms with Gasteiger partial charge in [0.2, 0.25) is 5.91 Å². The zero-order valence-corrected chi connectivity index (χ0v) is 10.4. The molecule has 15 heavy (non-hydrogen) atoms. The highest BCUT2D eigenvalue weighted by atomic mass is 32.1. The first-order valence-electron chi connectivity index (χ1n) is 4.81. The first-order chi connectivity index (χ1) is 6.83. The van der Waals surface area contributed by atoms with Crippen molar-refractivity contribution in [1.82, 2.24) is 4.98 Å². The van der Waals surface area contributed by atoms with E-state index in [-0.39, 0.29) is 5.91 Å². The van der Waals surface area contributed by atoms with Crippen LogP contribution in [0.2, 0.25) is 0 Å². The third-order valence-corrected chi connectivity index (χ3v) is 3.41. The standard InChI is InChI=1S/C10H17N3OS/c1-6-7(2)15-9(13-6)12-5-10(3,4)8(11)14/h5H2,1-4H3,(H2,11,14)(H,12,13). The number of nitrogens with zero attached hydrogens (tertiary/aromatic N) is 1. The average molecular weight is 227 g/mol. The monoisotopic (exact) mass is 227 g/mol. The molecule has 84 valence electrons. The average Bonchev–Trinajstić information content (AvgIpc) is 2.43. The fourth-order valence-electron chi connectivity index (χ4n) is 0.932. The Morgan fingerprint density at radius 3 is 2.53 bits per heavy atom. The summed E-state index contributed by atoms with van der Waals surface area (Å²) >= 11 is 1.59. The summed E-state index contributed by atoms with van der Waals surface area (Å²) in [4.78, 5) is 16.6. The fraction of sp³-hybridized carbons (Fsp3) is 0.600. The van der Waals surface area contributed by atoms with Gasteiger partial charge in [0, 0.05) is 11.4 Å². The Kier molecular flexibility index (Phi) is 3.34. The van der Waals surface area contributed by atoms with Crippen LogP contribution in [0.15, 0.2) is 0 Å². The number of nitrogens with two attached hydrogens (primary N) is 1. The molecule has 1 aromatic heterocycles. The number of anilines is 1. The molecule has 0 aliphatic rings. The maximum absolute atomic E-state index is 11.1. The number of rotatable bonds is 4. The van der Waals surface area contributed by atoms with E-state index >= 15 is 0 Å². The maximum atomic E-state index is 11.1. The Hall–Kier alpha value is -1.10. The Balaban J connectivity index is 2.61. The quantitative estimate of drug-likeness (QED) is 0.822. The molecule has 0 spiro atoms. The number of aromatic nitrogens is 1. The number of primary amides is 1. The lowest BCUT2D eigenvalue weighted by molar-refractivity contribution is -0.125. The van der Waals surface area contributed by atoms with Crippen molar-refractivity contribution in [2.45, 2.75) is 27.7 Å². The van der Waals surface area contributed by atoms with Gasteiger partial charge >= 0.3 is 0 Å². The lowest BCUT2D eigenvalue weighted by atomic mass is 9.93. The molecular weight excluding hydrogens is 210 g/mol. The Morgan fingerprint density at radius 2 is 2.13 bits per heavy atom. The summed E-state index contributed by atoms with van der Waals surface area (Å²) in [5.41, 5.74) is 5.75.